The van der Waals surface area contributed by atoms with Crippen molar-refractivity contribution in [3.8, 4) is 0 Å². The maximum absolute atomic E-state index is 13.2. The summed E-state index contributed by atoms with van der Waals surface area (Å²) in [5, 5.41) is 1.12. The molecule has 0 unspecified atom stereocenters. The number of carbonyl (C=O) groups excluding carboxylic acids is 2. The quantitative estimate of drug-likeness (QED) is 0.874. The Morgan fingerprint density at radius 3 is 2.68 bits per heavy atom. The highest BCUT2D eigenvalue weighted by Gasteiger charge is 2.49. The van der Waals surface area contributed by atoms with Crippen molar-refractivity contribution >= 4 is 22.7 Å². The molecule has 4 rings (SSSR count). The Hall–Kier alpha value is -2.30. The molecule has 5 heteroatoms. The van der Waals surface area contributed by atoms with E-state index in [4.69, 9.17) is 0 Å². The average Bonchev–Trinajstić information content (AvgIpc) is 3.25. The van der Waals surface area contributed by atoms with Crippen LogP contribution in [0.4, 0.5) is 0 Å². The van der Waals surface area contributed by atoms with E-state index in [1.807, 2.05) is 29.3 Å². The number of nitrogens with one attached hydrogen (secondary N) is 1. The Kier molecular flexibility index (Phi) is 5.17. The number of hydrogen-bond acceptors (Lipinski definition) is 2. The molecule has 0 radical (unpaired) electrons. The van der Waals surface area contributed by atoms with Crippen LogP contribution < -0.4 is 0 Å². The lowest BCUT2D eigenvalue weighted by Gasteiger charge is -2.41. The number of rotatable bonds is 4. The average molecular weight is 382 g/mol. The molecule has 1 saturated heterocycles. The maximum atomic E-state index is 13.2. The maximum Gasteiger partial charge on any atom is 0.227 e. The standard InChI is InChI=1S/C23H31N3O2/c1-3-25(22(28)13-18-15-24-21-10-6-5-9-20(18)21)19-14-23(11-7-4-8-12-23)26(16-19)17(2)27/h5-6,9-10,15,19,24H,3-4,7-8,11-14,16H2,1-2H3/t19-/m1/s1. The molecule has 1 spiro atoms. The van der Waals surface area contributed by atoms with Crippen molar-refractivity contribution in [2.45, 2.75) is 70.4 Å². The van der Waals surface area contributed by atoms with Crippen molar-refractivity contribution in [1.82, 2.24) is 14.8 Å². The van der Waals surface area contributed by atoms with E-state index in [-0.39, 0.29) is 23.4 Å². The number of fused-ring (bicyclic) bond motifs is 1. The number of hydrogen-bond donors (Lipinski definition) is 1. The lowest BCUT2D eigenvalue weighted by atomic mass is 9.79. The molecule has 1 N–H and O–H groups in total. The highest BCUT2D eigenvalue weighted by atomic mass is 16.2. The van der Waals surface area contributed by atoms with Gasteiger partial charge in [0.05, 0.1) is 12.5 Å². The van der Waals surface area contributed by atoms with Crippen molar-refractivity contribution in [2.75, 3.05) is 13.1 Å². The van der Waals surface area contributed by atoms with Gasteiger partial charge in [0.1, 0.15) is 0 Å². The fourth-order valence-corrected chi connectivity index (χ4v) is 5.55. The van der Waals surface area contributed by atoms with Crippen LogP contribution in [0.2, 0.25) is 0 Å². The summed E-state index contributed by atoms with van der Waals surface area (Å²) in [4.78, 5) is 33.0. The summed E-state index contributed by atoms with van der Waals surface area (Å²) in [6, 6.07) is 8.24. The van der Waals surface area contributed by atoms with E-state index < -0.39 is 0 Å². The molecule has 5 nitrogen and oxygen atoms in total. The molecular weight excluding hydrogens is 350 g/mol. The van der Waals surface area contributed by atoms with E-state index in [9.17, 15) is 9.59 Å². The largest absolute Gasteiger partial charge is 0.361 e. The molecule has 28 heavy (non-hydrogen) atoms. The third kappa shape index (κ3) is 3.31. The highest BCUT2D eigenvalue weighted by molar-refractivity contribution is 5.89. The summed E-state index contributed by atoms with van der Waals surface area (Å²) < 4.78 is 0. The topological polar surface area (TPSA) is 56.4 Å². The first-order valence-corrected chi connectivity index (χ1v) is 10.7. The van der Waals surface area contributed by atoms with Crippen LogP contribution in [0.5, 0.6) is 0 Å². The van der Waals surface area contributed by atoms with E-state index in [2.05, 4.69) is 22.9 Å². The van der Waals surface area contributed by atoms with E-state index in [0.29, 0.717) is 19.5 Å². The highest BCUT2D eigenvalue weighted by Crippen LogP contribution is 2.43. The van der Waals surface area contributed by atoms with E-state index in [0.717, 1.165) is 35.7 Å². The Labute approximate surface area is 167 Å². The van der Waals surface area contributed by atoms with Gasteiger partial charge in [0.15, 0.2) is 0 Å². The van der Waals surface area contributed by atoms with Crippen molar-refractivity contribution in [2.24, 2.45) is 0 Å². The number of aromatic nitrogens is 1. The van der Waals surface area contributed by atoms with Gasteiger partial charge in [-0.1, -0.05) is 37.5 Å². The number of carbonyl (C=O) groups is 2. The molecule has 2 fully saturated rings. The fraction of sp³-hybridized carbons (Fsp3) is 0.565. The Bertz CT molecular complexity index is 866. The minimum absolute atomic E-state index is 0.0246. The van der Waals surface area contributed by atoms with Gasteiger partial charge < -0.3 is 14.8 Å². The van der Waals surface area contributed by atoms with Crippen LogP contribution in [-0.2, 0) is 16.0 Å². The van der Waals surface area contributed by atoms with Gasteiger partial charge in [0.2, 0.25) is 11.8 Å². The van der Waals surface area contributed by atoms with Gasteiger partial charge in [-0.3, -0.25) is 9.59 Å². The van der Waals surface area contributed by atoms with Crippen molar-refractivity contribution < 1.29 is 9.59 Å². The second-order valence-electron chi connectivity index (χ2n) is 8.49. The minimum Gasteiger partial charge on any atom is -0.361 e. The molecule has 1 aliphatic carbocycles. The van der Waals surface area contributed by atoms with Crippen LogP contribution in [0.15, 0.2) is 30.5 Å². The van der Waals surface area contributed by atoms with Gasteiger partial charge in [-0.15, -0.1) is 0 Å². The summed E-state index contributed by atoms with van der Waals surface area (Å²) >= 11 is 0. The fourth-order valence-electron chi connectivity index (χ4n) is 5.55. The van der Waals surface area contributed by atoms with Crippen LogP contribution in [0, 0.1) is 0 Å². The van der Waals surface area contributed by atoms with Crippen LogP contribution in [0.25, 0.3) is 10.9 Å². The zero-order valence-corrected chi connectivity index (χ0v) is 17.0. The van der Waals surface area contributed by atoms with Gasteiger partial charge in [-0.25, -0.2) is 0 Å². The predicted octanol–water partition coefficient (Wildman–Crippen LogP) is 3.88. The van der Waals surface area contributed by atoms with Crippen LogP contribution in [-0.4, -0.2) is 51.3 Å². The summed E-state index contributed by atoms with van der Waals surface area (Å²) in [6.07, 6.45) is 9.08. The van der Waals surface area contributed by atoms with Gasteiger partial charge in [-0.05, 0) is 37.8 Å². The second-order valence-corrected chi connectivity index (χ2v) is 8.49. The SMILES string of the molecule is CCN(C(=O)Cc1c[nH]c2ccccc12)[C@H]1CN(C(C)=O)C2(CCCCC2)C1. The number of amides is 2. The van der Waals surface area contributed by atoms with Crippen molar-refractivity contribution in [1.29, 1.82) is 0 Å². The van der Waals surface area contributed by atoms with Gasteiger partial charge in [-0.2, -0.15) is 0 Å². The summed E-state index contributed by atoms with van der Waals surface area (Å²) in [5.41, 5.74) is 2.09. The normalized spacial score (nSPS) is 21.4. The number of H-pyrrole nitrogens is 1. The molecule has 2 aliphatic rings. The van der Waals surface area contributed by atoms with Crippen LogP contribution in [0.3, 0.4) is 0 Å². The molecular formula is C23H31N3O2. The lowest BCUT2D eigenvalue weighted by Crippen LogP contribution is -2.47. The number of likely N-dealkylation sites (tertiary alicyclic amines) is 1. The molecule has 1 atom stereocenters. The number of para-hydroxylation sites is 1. The Morgan fingerprint density at radius 1 is 1.21 bits per heavy atom. The van der Waals surface area contributed by atoms with Crippen LogP contribution in [0.1, 0.15) is 57.9 Å². The Balaban J connectivity index is 1.53. The van der Waals surface area contributed by atoms with Crippen LogP contribution >= 0.6 is 0 Å². The molecule has 2 aromatic rings. The third-order valence-electron chi connectivity index (χ3n) is 6.86. The first kappa shape index (κ1) is 19.0. The van der Waals surface area contributed by atoms with E-state index in [1.54, 1.807) is 6.92 Å². The zero-order chi connectivity index (χ0) is 19.7. The van der Waals surface area contributed by atoms with E-state index in [1.165, 1.54) is 19.3 Å². The Morgan fingerprint density at radius 2 is 1.96 bits per heavy atom. The van der Waals surface area contributed by atoms with Crippen molar-refractivity contribution in [3.63, 3.8) is 0 Å². The third-order valence-corrected chi connectivity index (χ3v) is 6.86. The first-order valence-electron chi connectivity index (χ1n) is 10.7. The van der Waals surface area contributed by atoms with Gasteiger partial charge in [0.25, 0.3) is 0 Å². The molecule has 2 heterocycles. The summed E-state index contributed by atoms with van der Waals surface area (Å²) in [5.74, 6) is 0.318. The first-order chi connectivity index (χ1) is 13.5. The molecule has 150 valence electrons. The molecule has 0 bridgehead atoms. The molecule has 1 saturated carbocycles. The number of aromatic amines is 1. The van der Waals surface area contributed by atoms with Crippen molar-refractivity contribution in [3.05, 3.63) is 36.0 Å². The van der Waals surface area contributed by atoms with Gasteiger partial charge in [0, 0.05) is 42.7 Å². The van der Waals surface area contributed by atoms with E-state index >= 15 is 0 Å². The molecule has 1 aromatic heterocycles. The zero-order valence-electron chi connectivity index (χ0n) is 17.0. The monoisotopic (exact) mass is 381 g/mol. The minimum atomic E-state index is -0.0246. The molecule has 1 aliphatic heterocycles. The predicted molar refractivity (Wildman–Crippen MR) is 111 cm³/mol. The number of nitrogens with zero attached hydrogens (tertiary/aromatic N) is 2. The molecule has 2 amide bonds. The second kappa shape index (κ2) is 7.61. The summed E-state index contributed by atoms with van der Waals surface area (Å²) in [6.45, 7) is 5.11. The number of likely N-dealkylation sites (N-methyl/N-ethyl adjacent to an activating group) is 1. The smallest absolute Gasteiger partial charge is 0.227 e. The molecule has 1 aromatic carbocycles. The lowest BCUT2D eigenvalue weighted by molar-refractivity contribution is -0.135. The number of benzene rings is 1. The summed E-state index contributed by atoms with van der Waals surface area (Å²) in [7, 11) is 0. The van der Waals surface area contributed by atoms with Gasteiger partial charge >= 0.3 is 0 Å².